The second-order valence-electron chi connectivity index (χ2n) is 6.74. The van der Waals surface area contributed by atoms with Gasteiger partial charge in [-0.25, -0.2) is 0 Å². The summed E-state index contributed by atoms with van der Waals surface area (Å²) in [7, 11) is -4.15. The van der Waals surface area contributed by atoms with Crippen LogP contribution in [0.15, 0.2) is 18.2 Å². The smallest absolute Gasteiger partial charge is 0.384 e. The zero-order valence-corrected chi connectivity index (χ0v) is 16.3. The molecule has 2 aliphatic heterocycles. The molecular formula is C16H24ClF3N4O2S. The quantitative estimate of drug-likeness (QED) is 0.648. The van der Waals surface area contributed by atoms with Crippen molar-refractivity contribution < 1.29 is 21.6 Å². The van der Waals surface area contributed by atoms with Gasteiger partial charge in [0.15, 0.2) is 0 Å². The van der Waals surface area contributed by atoms with Gasteiger partial charge in [-0.15, -0.1) is 12.4 Å². The van der Waals surface area contributed by atoms with Gasteiger partial charge < -0.3 is 5.32 Å². The number of para-hydroxylation sites is 1. The van der Waals surface area contributed by atoms with Crippen LogP contribution in [0.2, 0.25) is 0 Å². The van der Waals surface area contributed by atoms with E-state index in [4.69, 9.17) is 0 Å². The van der Waals surface area contributed by atoms with Crippen molar-refractivity contribution in [2.75, 3.05) is 31.5 Å². The number of halogens is 4. The zero-order valence-electron chi connectivity index (χ0n) is 14.7. The first-order valence-corrected chi connectivity index (χ1v) is 10.1. The first kappa shape index (κ1) is 22.2. The lowest BCUT2D eigenvalue weighted by molar-refractivity contribution is -0.121. The Labute approximate surface area is 163 Å². The number of likely N-dealkylation sites (tertiary alicyclic amines) is 1. The summed E-state index contributed by atoms with van der Waals surface area (Å²) < 4.78 is 63.7. The molecule has 0 atom stereocenters. The van der Waals surface area contributed by atoms with E-state index in [2.05, 4.69) is 27.1 Å². The molecule has 0 saturated carbocycles. The largest absolute Gasteiger partial charge is 0.402 e. The van der Waals surface area contributed by atoms with Crippen LogP contribution in [0, 0.1) is 0 Å². The second-order valence-corrected chi connectivity index (χ2v) is 8.27. The van der Waals surface area contributed by atoms with E-state index in [1.54, 1.807) is 0 Å². The maximum Gasteiger partial charge on any atom is 0.402 e. The predicted molar refractivity (Wildman–Crippen MR) is 100 cm³/mol. The molecule has 0 spiro atoms. The SMILES string of the molecule is Cl.O=S(=O)(NCC(F)(F)F)NC1CCN(Cc2cccc3c2NCC3)CC1. The van der Waals surface area contributed by atoms with Crippen LogP contribution >= 0.6 is 12.4 Å². The topological polar surface area (TPSA) is 73.5 Å². The minimum atomic E-state index is -4.57. The van der Waals surface area contributed by atoms with Crippen LogP contribution in [-0.4, -0.2) is 51.7 Å². The molecule has 6 nitrogen and oxygen atoms in total. The number of hydrogen-bond acceptors (Lipinski definition) is 4. The van der Waals surface area contributed by atoms with Crippen molar-refractivity contribution >= 4 is 28.3 Å². The Morgan fingerprint density at radius 1 is 1.22 bits per heavy atom. The van der Waals surface area contributed by atoms with Gasteiger partial charge in [-0.2, -0.15) is 31.0 Å². The van der Waals surface area contributed by atoms with E-state index in [1.165, 1.54) is 21.5 Å². The zero-order chi connectivity index (χ0) is 18.8. The molecule has 3 N–H and O–H groups in total. The Morgan fingerprint density at radius 2 is 1.93 bits per heavy atom. The molecule has 1 aromatic rings. The molecule has 27 heavy (non-hydrogen) atoms. The minimum Gasteiger partial charge on any atom is -0.384 e. The summed E-state index contributed by atoms with van der Waals surface area (Å²) in [6.45, 7) is 1.54. The summed E-state index contributed by atoms with van der Waals surface area (Å²) in [4.78, 5) is 2.24. The van der Waals surface area contributed by atoms with E-state index in [1.807, 2.05) is 6.07 Å². The Hall–Kier alpha value is -1.07. The molecule has 1 fully saturated rings. The van der Waals surface area contributed by atoms with Crippen molar-refractivity contribution in [3.05, 3.63) is 29.3 Å². The third kappa shape index (κ3) is 6.49. The predicted octanol–water partition coefficient (Wildman–Crippen LogP) is 2.03. The molecule has 0 aromatic heterocycles. The van der Waals surface area contributed by atoms with Gasteiger partial charge >= 0.3 is 6.18 Å². The number of rotatable bonds is 6. The molecule has 0 amide bonds. The van der Waals surface area contributed by atoms with E-state index < -0.39 is 22.9 Å². The van der Waals surface area contributed by atoms with Gasteiger partial charge in [0, 0.05) is 37.9 Å². The number of benzene rings is 1. The third-order valence-electron chi connectivity index (χ3n) is 4.70. The molecule has 1 saturated heterocycles. The molecule has 0 unspecified atom stereocenters. The fourth-order valence-corrected chi connectivity index (χ4v) is 4.54. The van der Waals surface area contributed by atoms with Crippen LogP contribution in [0.1, 0.15) is 24.0 Å². The van der Waals surface area contributed by atoms with Crippen molar-refractivity contribution in [1.29, 1.82) is 0 Å². The van der Waals surface area contributed by atoms with Crippen molar-refractivity contribution in [2.45, 2.75) is 38.0 Å². The summed E-state index contributed by atoms with van der Waals surface area (Å²) >= 11 is 0. The molecular weight excluding hydrogens is 405 g/mol. The van der Waals surface area contributed by atoms with Gasteiger partial charge in [0.1, 0.15) is 6.54 Å². The normalized spacial score (nSPS) is 18.6. The Kier molecular flexibility index (Phi) is 7.37. The van der Waals surface area contributed by atoms with Crippen LogP contribution in [0.25, 0.3) is 0 Å². The van der Waals surface area contributed by atoms with E-state index in [-0.39, 0.29) is 18.4 Å². The van der Waals surface area contributed by atoms with E-state index in [9.17, 15) is 21.6 Å². The molecule has 2 aliphatic rings. The second kappa shape index (κ2) is 8.95. The maximum atomic E-state index is 12.2. The van der Waals surface area contributed by atoms with Gasteiger partial charge in [-0.1, -0.05) is 18.2 Å². The summed E-state index contributed by atoms with van der Waals surface area (Å²) in [5.41, 5.74) is 3.75. The van der Waals surface area contributed by atoms with Gasteiger partial charge in [0.2, 0.25) is 0 Å². The Morgan fingerprint density at radius 3 is 2.59 bits per heavy atom. The minimum absolute atomic E-state index is 0. The van der Waals surface area contributed by atoms with Crippen molar-refractivity contribution in [2.24, 2.45) is 0 Å². The number of piperidine rings is 1. The average Bonchev–Trinajstić information content (AvgIpc) is 3.04. The number of nitrogens with zero attached hydrogens (tertiary/aromatic N) is 1. The lowest BCUT2D eigenvalue weighted by Gasteiger charge is -2.32. The van der Waals surface area contributed by atoms with Gasteiger partial charge in [0.05, 0.1) is 0 Å². The van der Waals surface area contributed by atoms with Gasteiger partial charge in [-0.05, 0) is 30.4 Å². The van der Waals surface area contributed by atoms with Crippen molar-refractivity contribution in [3.63, 3.8) is 0 Å². The molecule has 0 aliphatic carbocycles. The highest BCUT2D eigenvalue weighted by atomic mass is 35.5. The van der Waals surface area contributed by atoms with Crippen LogP contribution < -0.4 is 14.8 Å². The maximum absolute atomic E-state index is 12.2. The van der Waals surface area contributed by atoms with Gasteiger partial charge in [-0.3, -0.25) is 4.90 Å². The monoisotopic (exact) mass is 428 g/mol. The highest BCUT2D eigenvalue weighted by molar-refractivity contribution is 7.87. The Bertz CT molecular complexity index is 738. The van der Waals surface area contributed by atoms with Crippen LogP contribution in [0.3, 0.4) is 0 Å². The first-order chi connectivity index (χ1) is 12.2. The molecule has 1 aromatic carbocycles. The number of alkyl halides is 3. The number of anilines is 1. The molecule has 2 heterocycles. The van der Waals surface area contributed by atoms with Gasteiger partial charge in [0.25, 0.3) is 10.2 Å². The molecule has 3 rings (SSSR count). The van der Waals surface area contributed by atoms with Crippen LogP contribution in [0.5, 0.6) is 0 Å². The summed E-state index contributed by atoms with van der Waals surface area (Å²) in [6.07, 6.45) is -2.41. The molecule has 154 valence electrons. The summed E-state index contributed by atoms with van der Waals surface area (Å²) in [5.74, 6) is 0. The third-order valence-corrected chi connectivity index (χ3v) is 5.87. The summed E-state index contributed by atoms with van der Waals surface area (Å²) in [6, 6.07) is 5.91. The standard InChI is InChI=1S/C16H23F3N4O2S.ClH/c17-16(18,19)11-21-26(24,25)22-14-5-8-23(9-6-14)10-13-3-1-2-12-4-7-20-15(12)13;/h1-3,14,20-22H,4-11H2;1H. The summed E-state index contributed by atoms with van der Waals surface area (Å²) in [5, 5.41) is 3.41. The highest BCUT2D eigenvalue weighted by Gasteiger charge is 2.31. The van der Waals surface area contributed by atoms with Crippen LogP contribution in [0.4, 0.5) is 18.9 Å². The fourth-order valence-electron chi connectivity index (χ4n) is 3.43. The number of nitrogens with one attached hydrogen (secondary N) is 3. The number of hydrogen-bond donors (Lipinski definition) is 3. The molecule has 0 radical (unpaired) electrons. The lowest BCUT2D eigenvalue weighted by Crippen LogP contribution is -2.49. The van der Waals surface area contributed by atoms with E-state index in [0.29, 0.717) is 25.9 Å². The number of fused-ring (bicyclic) bond motifs is 1. The molecule has 11 heteroatoms. The average molecular weight is 429 g/mol. The van der Waals surface area contributed by atoms with Crippen molar-refractivity contribution in [1.82, 2.24) is 14.3 Å². The van der Waals surface area contributed by atoms with E-state index >= 15 is 0 Å². The lowest BCUT2D eigenvalue weighted by atomic mass is 10.0. The Balaban J connectivity index is 0.00000261. The molecule has 0 bridgehead atoms. The highest BCUT2D eigenvalue weighted by Crippen LogP contribution is 2.28. The first-order valence-electron chi connectivity index (χ1n) is 8.62. The fraction of sp³-hybridized carbons (Fsp3) is 0.625. The van der Waals surface area contributed by atoms with E-state index in [0.717, 1.165) is 19.5 Å². The van der Waals surface area contributed by atoms with Crippen LogP contribution in [-0.2, 0) is 23.2 Å². The van der Waals surface area contributed by atoms with Crippen molar-refractivity contribution in [3.8, 4) is 0 Å².